The van der Waals surface area contributed by atoms with Crippen LogP contribution in [0.5, 0.6) is 0 Å². The molecule has 0 aromatic rings. The second-order valence-corrected chi connectivity index (χ2v) is 6.24. The van der Waals surface area contributed by atoms with E-state index in [2.05, 4.69) is 29.1 Å². The third-order valence-electron chi connectivity index (χ3n) is 4.35. The average Bonchev–Trinajstić information content (AvgIpc) is 2.58. The van der Waals surface area contributed by atoms with Gasteiger partial charge in [-0.15, -0.1) is 24.0 Å². The van der Waals surface area contributed by atoms with Gasteiger partial charge in [-0.1, -0.05) is 6.92 Å². The molecule has 1 atom stereocenters. The van der Waals surface area contributed by atoms with Gasteiger partial charge in [-0.2, -0.15) is 0 Å². The van der Waals surface area contributed by atoms with Gasteiger partial charge >= 0.3 is 0 Å². The molecule has 0 aromatic carbocycles. The summed E-state index contributed by atoms with van der Waals surface area (Å²) in [4.78, 5) is 7.04. The number of guanidine groups is 1. The van der Waals surface area contributed by atoms with E-state index in [9.17, 15) is 0 Å². The Kier molecular flexibility index (Phi) is 11.2. The molecule has 0 radical (unpaired) electrons. The van der Waals surface area contributed by atoms with E-state index in [1.54, 1.807) is 0 Å². The molecular weight excluding hydrogens is 405 g/mol. The van der Waals surface area contributed by atoms with Crippen molar-refractivity contribution in [3.8, 4) is 0 Å². The summed E-state index contributed by atoms with van der Waals surface area (Å²) in [7, 11) is 0. The first-order chi connectivity index (χ1) is 10.8. The van der Waals surface area contributed by atoms with Crippen molar-refractivity contribution in [1.29, 1.82) is 0 Å². The third kappa shape index (κ3) is 7.56. The van der Waals surface area contributed by atoms with Gasteiger partial charge in [0, 0.05) is 32.8 Å². The largest absolute Gasteiger partial charge is 0.376 e. The minimum absolute atomic E-state index is 0. The maximum Gasteiger partial charge on any atom is 0.193 e. The molecule has 2 aliphatic rings. The van der Waals surface area contributed by atoms with Gasteiger partial charge < -0.3 is 19.7 Å². The highest BCUT2D eigenvalue weighted by Gasteiger charge is 2.23. The fourth-order valence-electron chi connectivity index (χ4n) is 3.06. The summed E-state index contributed by atoms with van der Waals surface area (Å²) in [6, 6.07) is 0. The Morgan fingerprint density at radius 2 is 2.00 bits per heavy atom. The van der Waals surface area contributed by atoms with Crippen LogP contribution in [0.4, 0.5) is 0 Å². The molecule has 0 saturated carbocycles. The first kappa shape index (κ1) is 21.0. The summed E-state index contributed by atoms with van der Waals surface area (Å²) in [5.74, 6) is 1.07. The minimum atomic E-state index is 0. The third-order valence-corrected chi connectivity index (χ3v) is 4.35. The van der Waals surface area contributed by atoms with E-state index in [4.69, 9.17) is 9.47 Å². The van der Waals surface area contributed by atoms with E-state index in [1.807, 2.05) is 0 Å². The molecule has 23 heavy (non-hydrogen) atoms. The van der Waals surface area contributed by atoms with Crippen molar-refractivity contribution < 1.29 is 9.47 Å². The summed E-state index contributed by atoms with van der Waals surface area (Å²) >= 11 is 0. The van der Waals surface area contributed by atoms with Gasteiger partial charge in [0.25, 0.3) is 0 Å². The molecule has 1 unspecified atom stereocenters. The van der Waals surface area contributed by atoms with E-state index in [0.717, 1.165) is 71.0 Å². The van der Waals surface area contributed by atoms with Crippen LogP contribution in [0.15, 0.2) is 4.99 Å². The standard InChI is InChI=1S/C17H33N3O2.HI/c1-3-10-19-17(18-4-2)20-11-8-15(9-12-20)22-14-16-7-5-6-13-21-16;/h15-16H,3-14H2,1-2H3,(H,18,19);1H. The molecule has 2 rings (SSSR count). The number of hydrogen-bond donors (Lipinski definition) is 1. The van der Waals surface area contributed by atoms with Gasteiger partial charge in [0.05, 0.1) is 18.8 Å². The lowest BCUT2D eigenvalue weighted by molar-refractivity contribution is -0.0721. The predicted octanol–water partition coefficient (Wildman–Crippen LogP) is 3.03. The van der Waals surface area contributed by atoms with Crippen LogP contribution >= 0.6 is 24.0 Å². The Morgan fingerprint density at radius 1 is 1.22 bits per heavy atom. The first-order valence-electron chi connectivity index (χ1n) is 9.10. The number of likely N-dealkylation sites (tertiary alicyclic amines) is 1. The van der Waals surface area contributed by atoms with E-state index in [0.29, 0.717) is 12.2 Å². The van der Waals surface area contributed by atoms with Crippen LogP contribution in [-0.2, 0) is 9.47 Å². The molecule has 0 aromatic heterocycles. The van der Waals surface area contributed by atoms with Crippen LogP contribution in [0.3, 0.4) is 0 Å². The number of ether oxygens (including phenoxy) is 2. The molecule has 0 spiro atoms. The normalized spacial score (nSPS) is 23.5. The lowest BCUT2D eigenvalue weighted by Gasteiger charge is -2.35. The van der Waals surface area contributed by atoms with Gasteiger partial charge in [-0.25, -0.2) is 0 Å². The zero-order valence-electron chi connectivity index (χ0n) is 14.8. The smallest absolute Gasteiger partial charge is 0.193 e. The highest BCUT2D eigenvalue weighted by atomic mass is 127. The summed E-state index contributed by atoms with van der Waals surface area (Å²) < 4.78 is 11.8. The number of nitrogens with zero attached hydrogens (tertiary/aromatic N) is 2. The highest BCUT2D eigenvalue weighted by Crippen LogP contribution is 2.17. The fraction of sp³-hybridized carbons (Fsp3) is 0.941. The SMILES string of the molecule is CCCN=C(NCC)N1CCC(OCC2CCCCO2)CC1.I. The van der Waals surface area contributed by atoms with Crippen LogP contribution in [0.25, 0.3) is 0 Å². The highest BCUT2D eigenvalue weighted by molar-refractivity contribution is 14.0. The Labute approximate surface area is 158 Å². The van der Waals surface area contributed by atoms with Crippen molar-refractivity contribution in [2.75, 3.05) is 39.4 Å². The topological polar surface area (TPSA) is 46.1 Å². The van der Waals surface area contributed by atoms with E-state index < -0.39 is 0 Å². The molecule has 0 aliphatic carbocycles. The molecule has 0 amide bonds. The molecule has 2 heterocycles. The van der Waals surface area contributed by atoms with Gasteiger partial charge in [-0.3, -0.25) is 4.99 Å². The van der Waals surface area contributed by atoms with Gasteiger partial charge in [0.15, 0.2) is 5.96 Å². The second kappa shape index (κ2) is 12.3. The zero-order chi connectivity index (χ0) is 15.6. The molecule has 2 saturated heterocycles. The van der Waals surface area contributed by atoms with Crippen molar-refractivity contribution in [2.45, 2.75) is 64.6 Å². The number of aliphatic imine (C=N–C) groups is 1. The summed E-state index contributed by atoms with van der Waals surface area (Å²) in [6.45, 7) is 9.87. The van der Waals surface area contributed by atoms with Crippen LogP contribution in [0.2, 0.25) is 0 Å². The summed E-state index contributed by atoms with van der Waals surface area (Å²) in [5.41, 5.74) is 0. The molecule has 2 fully saturated rings. The van der Waals surface area contributed by atoms with Crippen LogP contribution in [0.1, 0.15) is 52.4 Å². The predicted molar refractivity (Wildman–Crippen MR) is 106 cm³/mol. The van der Waals surface area contributed by atoms with E-state index in [-0.39, 0.29) is 24.0 Å². The molecule has 2 aliphatic heterocycles. The number of nitrogens with one attached hydrogen (secondary N) is 1. The lowest BCUT2D eigenvalue weighted by atomic mass is 10.1. The minimum Gasteiger partial charge on any atom is -0.376 e. The Bertz CT molecular complexity index is 328. The second-order valence-electron chi connectivity index (χ2n) is 6.24. The van der Waals surface area contributed by atoms with Crippen LogP contribution in [0, 0.1) is 0 Å². The van der Waals surface area contributed by atoms with E-state index >= 15 is 0 Å². The van der Waals surface area contributed by atoms with Crippen molar-refractivity contribution in [3.63, 3.8) is 0 Å². The monoisotopic (exact) mass is 439 g/mol. The van der Waals surface area contributed by atoms with Crippen molar-refractivity contribution >= 4 is 29.9 Å². The van der Waals surface area contributed by atoms with Crippen molar-refractivity contribution in [1.82, 2.24) is 10.2 Å². The van der Waals surface area contributed by atoms with Crippen molar-refractivity contribution in [2.24, 2.45) is 4.99 Å². The van der Waals surface area contributed by atoms with Crippen molar-refractivity contribution in [3.05, 3.63) is 0 Å². The maximum absolute atomic E-state index is 6.08. The number of rotatable bonds is 6. The molecule has 1 N–H and O–H groups in total. The number of piperidine rings is 1. The maximum atomic E-state index is 6.08. The molecule has 0 bridgehead atoms. The van der Waals surface area contributed by atoms with Crippen LogP contribution < -0.4 is 5.32 Å². The average molecular weight is 439 g/mol. The summed E-state index contributed by atoms with van der Waals surface area (Å²) in [6.07, 6.45) is 7.63. The van der Waals surface area contributed by atoms with Crippen LogP contribution in [-0.4, -0.2) is 62.5 Å². The first-order valence-corrected chi connectivity index (χ1v) is 9.10. The van der Waals surface area contributed by atoms with Gasteiger partial charge in [0.1, 0.15) is 0 Å². The molecule has 5 nitrogen and oxygen atoms in total. The number of halogens is 1. The van der Waals surface area contributed by atoms with E-state index in [1.165, 1.54) is 12.8 Å². The molecular formula is C17H34IN3O2. The Hall–Kier alpha value is -0.0800. The molecule has 136 valence electrons. The number of hydrogen-bond acceptors (Lipinski definition) is 3. The Morgan fingerprint density at radius 3 is 2.61 bits per heavy atom. The molecule has 6 heteroatoms. The zero-order valence-corrected chi connectivity index (χ0v) is 17.1. The summed E-state index contributed by atoms with van der Waals surface area (Å²) in [5, 5.41) is 3.40. The lowest BCUT2D eigenvalue weighted by Crippen LogP contribution is -2.47. The van der Waals surface area contributed by atoms with Gasteiger partial charge in [0.2, 0.25) is 0 Å². The fourth-order valence-corrected chi connectivity index (χ4v) is 3.06. The quantitative estimate of drug-likeness (QED) is 0.393. The Balaban J connectivity index is 0.00000264. The van der Waals surface area contributed by atoms with Gasteiger partial charge in [-0.05, 0) is 45.4 Å².